The number of benzene rings is 1. The van der Waals surface area contributed by atoms with Gasteiger partial charge in [-0.2, -0.15) is 0 Å². The summed E-state index contributed by atoms with van der Waals surface area (Å²) in [4.78, 5) is 30.5. The van der Waals surface area contributed by atoms with Crippen LogP contribution in [0.2, 0.25) is 0 Å². The maximum absolute atomic E-state index is 12.5. The van der Waals surface area contributed by atoms with E-state index in [1.165, 1.54) is 30.6 Å². The molecule has 1 fully saturated rings. The summed E-state index contributed by atoms with van der Waals surface area (Å²) in [5.74, 6) is 0.0362. The van der Waals surface area contributed by atoms with Crippen LogP contribution in [0.3, 0.4) is 0 Å². The smallest absolute Gasteiger partial charge is 0.323 e. The van der Waals surface area contributed by atoms with Gasteiger partial charge in [-0.3, -0.25) is 4.79 Å². The van der Waals surface area contributed by atoms with E-state index in [0.717, 1.165) is 18.6 Å². The molecule has 22 heavy (non-hydrogen) atoms. The fraction of sp³-hybridized carbons (Fsp3) is 0.500. The minimum atomic E-state index is -0.235. The number of hydrogen-bond acceptors (Lipinski definition) is 2. The van der Waals surface area contributed by atoms with E-state index in [1.54, 1.807) is 12.1 Å². The van der Waals surface area contributed by atoms with Crippen LogP contribution in [0, 0.1) is 0 Å². The van der Waals surface area contributed by atoms with Crippen LogP contribution in [0.25, 0.3) is 11.0 Å². The van der Waals surface area contributed by atoms with Crippen molar-refractivity contribution in [2.75, 3.05) is 18.4 Å². The van der Waals surface area contributed by atoms with Crippen LogP contribution in [0.15, 0.2) is 23.0 Å². The van der Waals surface area contributed by atoms with Crippen LogP contribution < -0.4 is 15.9 Å². The summed E-state index contributed by atoms with van der Waals surface area (Å²) in [6, 6.07) is 5.34. The minimum Gasteiger partial charge on any atom is -0.325 e. The first kappa shape index (κ1) is 14.8. The summed E-state index contributed by atoms with van der Waals surface area (Å²) in [7, 11) is 0. The van der Waals surface area contributed by atoms with Gasteiger partial charge in [-0.05, 0) is 50.8 Å². The van der Waals surface area contributed by atoms with Crippen LogP contribution >= 0.6 is 0 Å². The van der Waals surface area contributed by atoms with Crippen molar-refractivity contribution < 1.29 is 9.69 Å². The highest BCUT2D eigenvalue weighted by molar-refractivity contribution is 5.95. The van der Waals surface area contributed by atoms with Crippen molar-refractivity contribution >= 4 is 22.6 Å². The van der Waals surface area contributed by atoms with Crippen LogP contribution in [0.5, 0.6) is 0 Å². The number of aromatic amines is 2. The molecule has 6 nitrogen and oxygen atoms in total. The van der Waals surface area contributed by atoms with E-state index in [9.17, 15) is 9.59 Å². The van der Waals surface area contributed by atoms with Crippen LogP contribution in [-0.2, 0) is 4.79 Å². The molecule has 1 saturated heterocycles. The molecule has 1 amide bonds. The molecule has 0 radical (unpaired) electrons. The molecular weight excluding hydrogens is 280 g/mol. The van der Waals surface area contributed by atoms with Crippen LogP contribution in [0.4, 0.5) is 5.69 Å². The zero-order valence-electron chi connectivity index (χ0n) is 12.9. The van der Waals surface area contributed by atoms with E-state index >= 15 is 0 Å². The predicted molar refractivity (Wildman–Crippen MR) is 86.2 cm³/mol. The molecule has 0 aliphatic carbocycles. The Hall–Kier alpha value is -2.08. The second kappa shape index (κ2) is 6.36. The molecule has 0 bridgehead atoms. The lowest BCUT2D eigenvalue weighted by molar-refractivity contribution is -0.913. The van der Waals surface area contributed by atoms with Crippen LogP contribution in [-0.4, -0.2) is 35.0 Å². The van der Waals surface area contributed by atoms with Crippen molar-refractivity contribution in [1.82, 2.24) is 9.97 Å². The number of carbonyl (C=O) groups excluding carboxylic acids is 1. The molecule has 0 saturated carbocycles. The zero-order valence-corrected chi connectivity index (χ0v) is 12.9. The minimum absolute atomic E-state index is 0.0362. The second-order valence-electron chi connectivity index (χ2n) is 6.12. The Bertz CT molecular complexity index is 710. The summed E-state index contributed by atoms with van der Waals surface area (Å²) in [6.07, 6.45) is 4.94. The van der Waals surface area contributed by atoms with Gasteiger partial charge in [0.15, 0.2) is 6.04 Å². The van der Waals surface area contributed by atoms with Gasteiger partial charge >= 0.3 is 5.69 Å². The van der Waals surface area contributed by atoms with Gasteiger partial charge in [-0.25, -0.2) is 4.79 Å². The number of fused-ring (bicyclic) bond motifs is 1. The van der Waals surface area contributed by atoms with E-state index in [1.807, 2.05) is 13.0 Å². The average molecular weight is 303 g/mol. The van der Waals surface area contributed by atoms with E-state index in [0.29, 0.717) is 11.2 Å². The number of nitrogens with one attached hydrogen (secondary N) is 4. The number of aromatic nitrogens is 2. The van der Waals surface area contributed by atoms with E-state index in [2.05, 4.69) is 15.3 Å². The summed E-state index contributed by atoms with van der Waals surface area (Å²) in [6.45, 7) is 4.13. The molecular formula is C16H23N4O2+. The van der Waals surface area contributed by atoms with Crippen molar-refractivity contribution in [2.45, 2.75) is 38.6 Å². The molecule has 1 aromatic carbocycles. The van der Waals surface area contributed by atoms with E-state index < -0.39 is 0 Å². The highest BCUT2D eigenvalue weighted by Gasteiger charge is 2.25. The number of hydrogen-bond donors (Lipinski definition) is 4. The summed E-state index contributed by atoms with van der Waals surface area (Å²) >= 11 is 0. The Morgan fingerprint density at radius 1 is 1.14 bits per heavy atom. The molecule has 2 heterocycles. The van der Waals surface area contributed by atoms with Crippen molar-refractivity contribution in [3.05, 3.63) is 28.7 Å². The lowest BCUT2D eigenvalue weighted by Gasteiger charge is -2.23. The number of anilines is 1. The van der Waals surface area contributed by atoms with Crippen molar-refractivity contribution in [2.24, 2.45) is 0 Å². The molecule has 1 atom stereocenters. The monoisotopic (exact) mass is 303 g/mol. The summed E-state index contributed by atoms with van der Waals surface area (Å²) in [5.41, 5.74) is 1.93. The lowest BCUT2D eigenvalue weighted by atomic mass is 10.2. The predicted octanol–water partition coefficient (Wildman–Crippen LogP) is 0.642. The number of amides is 1. The molecule has 2 aromatic rings. The van der Waals surface area contributed by atoms with Gasteiger partial charge in [-0.15, -0.1) is 0 Å². The molecule has 0 spiro atoms. The second-order valence-corrected chi connectivity index (χ2v) is 6.12. The Morgan fingerprint density at radius 3 is 2.55 bits per heavy atom. The molecule has 0 unspecified atom stereocenters. The van der Waals surface area contributed by atoms with Crippen molar-refractivity contribution in [3.8, 4) is 0 Å². The first-order chi connectivity index (χ1) is 10.6. The fourth-order valence-corrected chi connectivity index (χ4v) is 3.16. The highest BCUT2D eigenvalue weighted by Crippen LogP contribution is 2.14. The van der Waals surface area contributed by atoms with Gasteiger partial charge in [0.05, 0.1) is 24.1 Å². The van der Waals surface area contributed by atoms with Crippen molar-refractivity contribution in [1.29, 1.82) is 0 Å². The Kier molecular flexibility index (Phi) is 4.29. The number of likely N-dealkylation sites (tertiary alicyclic amines) is 1. The highest BCUT2D eigenvalue weighted by atomic mass is 16.2. The topological polar surface area (TPSA) is 82.2 Å². The average Bonchev–Trinajstić information content (AvgIpc) is 2.71. The summed E-state index contributed by atoms with van der Waals surface area (Å²) in [5, 5.41) is 2.97. The van der Waals surface area contributed by atoms with Gasteiger partial charge in [-0.1, -0.05) is 0 Å². The number of carbonyl (C=O) groups is 1. The first-order valence-electron chi connectivity index (χ1n) is 8.01. The summed E-state index contributed by atoms with van der Waals surface area (Å²) < 4.78 is 0. The molecule has 1 aliphatic heterocycles. The van der Waals surface area contributed by atoms with Gasteiger partial charge in [0, 0.05) is 5.69 Å². The van der Waals surface area contributed by atoms with Gasteiger partial charge in [0.2, 0.25) is 0 Å². The third-order valence-corrected chi connectivity index (χ3v) is 4.53. The quantitative estimate of drug-likeness (QED) is 0.671. The zero-order chi connectivity index (χ0) is 15.5. The third-order valence-electron chi connectivity index (χ3n) is 4.53. The van der Waals surface area contributed by atoms with Gasteiger partial charge < -0.3 is 20.2 Å². The Labute approximate surface area is 128 Å². The molecule has 1 aromatic heterocycles. The van der Waals surface area contributed by atoms with Gasteiger partial charge in [0.1, 0.15) is 0 Å². The Morgan fingerprint density at radius 2 is 1.82 bits per heavy atom. The number of rotatable bonds is 3. The van der Waals surface area contributed by atoms with Crippen LogP contribution in [0.1, 0.15) is 32.6 Å². The van der Waals surface area contributed by atoms with Gasteiger partial charge in [0.25, 0.3) is 5.91 Å². The number of H-pyrrole nitrogens is 2. The molecule has 4 N–H and O–H groups in total. The Balaban J connectivity index is 1.69. The van der Waals surface area contributed by atoms with E-state index in [-0.39, 0.29) is 17.6 Å². The maximum atomic E-state index is 12.5. The standard InChI is InChI=1S/C16H22N4O2/c1-11(20-8-4-2-3-5-9-20)15(21)17-12-6-7-13-14(10-12)19-16(22)18-13/h6-7,10-11H,2-5,8-9H2,1H3,(H,17,21)(H2,18,19,22)/p+1/t11-/m0/s1. The molecule has 1 aliphatic rings. The molecule has 6 heteroatoms. The first-order valence-corrected chi connectivity index (χ1v) is 8.01. The largest absolute Gasteiger partial charge is 0.325 e. The third kappa shape index (κ3) is 3.22. The SMILES string of the molecule is C[C@@H](C(=O)Nc1ccc2[nH]c(=O)[nH]c2c1)[NH+]1CCCCCC1. The number of quaternary nitrogens is 1. The molecule has 118 valence electrons. The van der Waals surface area contributed by atoms with Crippen molar-refractivity contribution in [3.63, 3.8) is 0 Å². The maximum Gasteiger partial charge on any atom is 0.323 e. The fourth-order valence-electron chi connectivity index (χ4n) is 3.16. The number of imidazole rings is 1. The molecule has 3 rings (SSSR count). The lowest BCUT2D eigenvalue weighted by Crippen LogP contribution is -3.16. The van der Waals surface area contributed by atoms with E-state index in [4.69, 9.17) is 0 Å². The normalized spacial score (nSPS) is 18.0.